The second-order valence-electron chi connectivity index (χ2n) is 13.8. The number of benzene rings is 1. The van der Waals surface area contributed by atoms with Crippen molar-refractivity contribution in [3.8, 4) is 11.5 Å². The minimum absolute atomic E-state index is 0.0185. The van der Waals surface area contributed by atoms with Gasteiger partial charge in [-0.2, -0.15) is 0 Å². The van der Waals surface area contributed by atoms with Gasteiger partial charge in [-0.3, -0.25) is 4.90 Å². The van der Waals surface area contributed by atoms with Crippen LogP contribution in [0.1, 0.15) is 64.5 Å². The van der Waals surface area contributed by atoms with Crippen LogP contribution < -0.4 is 9.47 Å². The summed E-state index contributed by atoms with van der Waals surface area (Å²) < 4.78 is 26.4. The molecule has 2 saturated heterocycles. The van der Waals surface area contributed by atoms with Gasteiger partial charge in [0, 0.05) is 29.5 Å². The molecule has 3 aliphatic heterocycles. The molecular formula is C30H39NO4. The number of likely N-dealkylation sites (tertiary alicyclic amines) is 1. The SMILES string of the molecule is COc1ccc2c3c1O[C@H]1[C@@]45C=CC6(C[C@@H]4[C@@](C)(C(C)(C)C)OCO5)[C@@H](C2)N(CC2CC2)CC[C@]316. The summed E-state index contributed by atoms with van der Waals surface area (Å²) in [6, 6.07) is 4.96. The van der Waals surface area contributed by atoms with E-state index in [2.05, 4.69) is 56.9 Å². The molecule has 1 aromatic rings. The fraction of sp³-hybridized carbons (Fsp3) is 0.733. The first kappa shape index (κ1) is 21.5. The van der Waals surface area contributed by atoms with Crippen LogP contribution in [0.5, 0.6) is 11.5 Å². The van der Waals surface area contributed by atoms with Crippen molar-refractivity contribution >= 4 is 0 Å². The van der Waals surface area contributed by atoms with Gasteiger partial charge in [-0.1, -0.05) is 39.0 Å². The summed E-state index contributed by atoms with van der Waals surface area (Å²) in [6.45, 7) is 12.1. The summed E-state index contributed by atoms with van der Waals surface area (Å²) in [5.41, 5.74) is 2.08. The average molecular weight is 478 g/mol. The predicted octanol–water partition coefficient (Wildman–Crippen LogP) is 4.86. The van der Waals surface area contributed by atoms with Crippen molar-refractivity contribution in [2.75, 3.05) is 27.0 Å². The van der Waals surface area contributed by atoms with Gasteiger partial charge in [0.15, 0.2) is 11.5 Å². The minimum Gasteiger partial charge on any atom is -0.493 e. The molecule has 3 spiro atoms. The van der Waals surface area contributed by atoms with E-state index in [1.54, 1.807) is 7.11 Å². The van der Waals surface area contributed by atoms with Crippen LogP contribution >= 0.6 is 0 Å². The molecule has 0 N–H and O–H groups in total. The highest BCUT2D eigenvalue weighted by atomic mass is 16.7. The van der Waals surface area contributed by atoms with Crippen LogP contribution in [-0.4, -0.2) is 55.2 Å². The lowest BCUT2D eigenvalue weighted by atomic mass is 9.35. The molecule has 9 rings (SSSR count). The summed E-state index contributed by atoms with van der Waals surface area (Å²) in [4.78, 5) is 2.87. The van der Waals surface area contributed by atoms with Gasteiger partial charge in [-0.25, -0.2) is 0 Å². The molecule has 188 valence electrons. The Hall–Kier alpha value is -1.56. The second kappa shape index (κ2) is 6.28. The summed E-state index contributed by atoms with van der Waals surface area (Å²) in [5, 5.41) is 0. The zero-order chi connectivity index (χ0) is 24.0. The van der Waals surface area contributed by atoms with Crippen molar-refractivity contribution in [1.82, 2.24) is 4.90 Å². The van der Waals surface area contributed by atoms with E-state index >= 15 is 0 Å². The van der Waals surface area contributed by atoms with Crippen molar-refractivity contribution in [2.24, 2.45) is 22.7 Å². The molecule has 0 amide bonds. The van der Waals surface area contributed by atoms with Crippen molar-refractivity contribution in [3.05, 3.63) is 35.4 Å². The Labute approximate surface area is 209 Å². The molecule has 8 aliphatic rings. The lowest BCUT2D eigenvalue weighted by Gasteiger charge is -2.74. The van der Waals surface area contributed by atoms with Gasteiger partial charge in [0.25, 0.3) is 0 Å². The number of hydrogen-bond acceptors (Lipinski definition) is 5. The molecule has 1 unspecified atom stereocenters. The molecule has 1 aromatic carbocycles. The molecule has 5 aliphatic carbocycles. The standard InChI is InChI=1S/C30H39NO4/c1-26(2,3)27(4)21-15-28-10-11-30(21,34-17-33-27)25-29(28)12-13-31(16-18-6-7-18)22(28)14-19-8-9-20(32-5)24(35-25)23(19)29/h8-11,18,21-22,25H,6-7,12-17H2,1-5H3/t21-,22-,25-,27+,28?,29+,30-/m1/s1. The molecule has 4 bridgehead atoms. The Morgan fingerprint density at radius 3 is 2.71 bits per heavy atom. The molecule has 5 nitrogen and oxygen atoms in total. The quantitative estimate of drug-likeness (QED) is 0.582. The van der Waals surface area contributed by atoms with Crippen LogP contribution in [0.25, 0.3) is 0 Å². The van der Waals surface area contributed by atoms with Crippen molar-refractivity contribution in [1.29, 1.82) is 0 Å². The van der Waals surface area contributed by atoms with Crippen LogP contribution in [0, 0.1) is 22.7 Å². The van der Waals surface area contributed by atoms with Crippen LogP contribution in [-0.2, 0) is 21.3 Å². The van der Waals surface area contributed by atoms with Gasteiger partial charge in [-0.05, 0) is 68.5 Å². The first-order valence-corrected chi connectivity index (χ1v) is 13.8. The van der Waals surface area contributed by atoms with E-state index in [-0.39, 0.29) is 33.9 Å². The van der Waals surface area contributed by atoms with E-state index in [9.17, 15) is 0 Å². The summed E-state index contributed by atoms with van der Waals surface area (Å²) in [7, 11) is 1.77. The zero-order valence-corrected chi connectivity index (χ0v) is 21.9. The highest BCUT2D eigenvalue weighted by Gasteiger charge is 2.82. The summed E-state index contributed by atoms with van der Waals surface area (Å²) in [6.07, 6.45) is 11.1. The van der Waals surface area contributed by atoms with E-state index in [0.29, 0.717) is 12.8 Å². The fourth-order valence-electron chi connectivity index (χ4n) is 9.55. The van der Waals surface area contributed by atoms with Crippen molar-refractivity contribution < 1.29 is 18.9 Å². The number of rotatable bonds is 3. The van der Waals surface area contributed by atoms with Crippen molar-refractivity contribution in [2.45, 2.75) is 88.6 Å². The number of hydrogen-bond donors (Lipinski definition) is 0. The Bertz CT molecular complexity index is 1150. The van der Waals surface area contributed by atoms with E-state index in [4.69, 9.17) is 18.9 Å². The van der Waals surface area contributed by atoms with Crippen LogP contribution in [0.15, 0.2) is 24.3 Å². The molecular weight excluding hydrogens is 438 g/mol. The monoisotopic (exact) mass is 477 g/mol. The second-order valence-corrected chi connectivity index (χ2v) is 13.8. The highest BCUT2D eigenvalue weighted by molar-refractivity contribution is 5.65. The van der Waals surface area contributed by atoms with Crippen LogP contribution in [0.2, 0.25) is 0 Å². The van der Waals surface area contributed by atoms with E-state index in [0.717, 1.165) is 43.2 Å². The Kier molecular flexibility index (Phi) is 3.86. The zero-order valence-electron chi connectivity index (χ0n) is 21.9. The van der Waals surface area contributed by atoms with Gasteiger partial charge in [0.1, 0.15) is 18.5 Å². The third-order valence-electron chi connectivity index (χ3n) is 11.8. The first-order chi connectivity index (χ1) is 16.7. The Morgan fingerprint density at radius 2 is 1.97 bits per heavy atom. The highest BCUT2D eigenvalue weighted by Crippen LogP contribution is 2.77. The largest absolute Gasteiger partial charge is 0.493 e. The van der Waals surface area contributed by atoms with Crippen molar-refractivity contribution in [3.63, 3.8) is 0 Å². The molecule has 0 aromatic heterocycles. The maximum absolute atomic E-state index is 7.15. The number of methoxy groups -OCH3 is 1. The van der Waals surface area contributed by atoms with E-state index in [1.165, 1.54) is 30.5 Å². The lowest BCUT2D eigenvalue weighted by Crippen LogP contribution is -2.83. The van der Waals surface area contributed by atoms with Crippen LogP contribution in [0.3, 0.4) is 0 Å². The molecule has 5 heteroatoms. The molecule has 3 heterocycles. The van der Waals surface area contributed by atoms with Gasteiger partial charge in [-0.15, -0.1) is 0 Å². The molecule has 35 heavy (non-hydrogen) atoms. The van der Waals surface area contributed by atoms with Gasteiger partial charge >= 0.3 is 0 Å². The Balaban J connectivity index is 1.39. The topological polar surface area (TPSA) is 40.2 Å². The maximum Gasteiger partial charge on any atom is 0.166 e. The molecule has 2 saturated carbocycles. The lowest BCUT2D eigenvalue weighted by molar-refractivity contribution is -0.356. The smallest absolute Gasteiger partial charge is 0.166 e. The number of piperidine rings is 1. The van der Waals surface area contributed by atoms with Gasteiger partial charge < -0.3 is 18.9 Å². The molecule has 4 fully saturated rings. The summed E-state index contributed by atoms with van der Waals surface area (Å²) >= 11 is 0. The Morgan fingerprint density at radius 1 is 1.14 bits per heavy atom. The third kappa shape index (κ3) is 2.22. The minimum atomic E-state index is -0.482. The summed E-state index contributed by atoms with van der Waals surface area (Å²) in [5.74, 6) is 2.99. The van der Waals surface area contributed by atoms with E-state index in [1.807, 2.05) is 0 Å². The molecule has 0 radical (unpaired) electrons. The molecule has 7 atom stereocenters. The first-order valence-electron chi connectivity index (χ1n) is 13.8. The number of nitrogens with zero attached hydrogens (tertiary/aromatic N) is 1. The van der Waals surface area contributed by atoms with Gasteiger partial charge in [0.2, 0.25) is 0 Å². The van der Waals surface area contributed by atoms with Gasteiger partial charge in [0.05, 0.1) is 18.1 Å². The number of ether oxygens (including phenoxy) is 4. The normalized spacial score (nSPS) is 46.7. The average Bonchev–Trinajstić information content (AvgIpc) is 3.57. The maximum atomic E-state index is 7.15. The predicted molar refractivity (Wildman–Crippen MR) is 133 cm³/mol. The van der Waals surface area contributed by atoms with Crippen LogP contribution in [0.4, 0.5) is 0 Å². The third-order valence-corrected chi connectivity index (χ3v) is 11.8. The van der Waals surface area contributed by atoms with E-state index < -0.39 is 5.60 Å². The fourth-order valence-corrected chi connectivity index (χ4v) is 9.55.